The maximum atomic E-state index is 12.7. The third kappa shape index (κ3) is 3.83. The predicted octanol–water partition coefficient (Wildman–Crippen LogP) is 6.42. The summed E-state index contributed by atoms with van der Waals surface area (Å²) in [6.45, 7) is 8.02. The lowest BCUT2D eigenvalue weighted by molar-refractivity contribution is -0.122. The number of rotatable bonds is 5. The molecule has 1 amide bonds. The normalized spacial score (nSPS) is 12.4. The average molecular weight is 387 g/mol. The first-order valence-electron chi connectivity index (χ1n) is 9.92. The molecule has 4 aromatic rings. The van der Waals surface area contributed by atoms with E-state index in [4.69, 9.17) is 9.15 Å². The van der Waals surface area contributed by atoms with Gasteiger partial charge in [0.15, 0.2) is 6.10 Å². The molecule has 0 fully saturated rings. The molecule has 148 valence electrons. The van der Waals surface area contributed by atoms with Gasteiger partial charge in [0.05, 0.1) is 0 Å². The van der Waals surface area contributed by atoms with Crippen molar-refractivity contribution in [3.8, 4) is 5.75 Å². The van der Waals surface area contributed by atoms with Gasteiger partial charge in [0.2, 0.25) is 0 Å². The molecule has 4 rings (SSSR count). The van der Waals surface area contributed by atoms with E-state index in [9.17, 15) is 4.79 Å². The maximum absolute atomic E-state index is 12.7. The zero-order valence-electron chi connectivity index (χ0n) is 17.2. The number of amides is 1. The largest absolute Gasteiger partial charge is 0.481 e. The summed E-state index contributed by atoms with van der Waals surface area (Å²) >= 11 is 0. The summed E-state index contributed by atoms with van der Waals surface area (Å²) in [5.74, 6) is 0.878. The van der Waals surface area contributed by atoms with Gasteiger partial charge in [-0.3, -0.25) is 4.79 Å². The fourth-order valence-electron chi connectivity index (χ4n) is 3.51. The van der Waals surface area contributed by atoms with Crippen molar-refractivity contribution in [3.63, 3.8) is 0 Å². The van der Waals surface area contributed by atoms with Gasteiger partial charge >= 0.3 is 0 Å². The van der Waals surface area contributed by atoms with E-state index in [-0.39, 0.29) is 5.91 Å². The van der Waals surface area contributed by atoms with Crippen molar-refractivity contribution in [1.29, 1.82) is 0 Å². The molecule has 0 radical (unpaired) electrons. The van der Waals surface area contributed by atoms with Crippen LogP contribution in [0.2, 0.25) is 0 Å². The molecule has 1 heterocycles. The van der Waals surface area contributed by atoms with Crippen molar-refractivity contribution in [1.82, 2.24) is 0 Å². The third-order valence-corrected chi connectivity index (χ3v) is 5.11. The van der Waals surface area contributed by atoms with Crippen LogP contribution in [-0.2, 0) is 4.79 Å². The fraction of sp³-hybridized carbons (Fsp3) is 0.240. The highest BCUT2D eigenvalue weighted by Crippen LogP contribution is 2.31. The van der Waals surface area contributed by atoms with Gasteiger partial charge in [0, 0.05) is 22.5 Å². The minimum atomic E-state index is -0.624. The summed E-state index contributed by atoms with van der Waals surface area (Å²) in [7, 11) is 0. The molecule has 1 atom stereocenters. The van der Waals surface area contributed by atoms with E-state index in [0.717, 1.165) is 38.8 Å². The molecule has 3 aromatic carbocycles. The lowest BCUT2D eigenvalue weighted by Crippen LogP contribution is -2.30. The van der Waals surface area contributed by atoms with E-state index in [2.05, 4.69) is 31.3 Å². The minimum absolute atomic E-state index is 0.198. The first kappa shape index (κ1) is 19.1. The second kappa shape index (κ2) is 7.63. The topological polar surface area (TPSA) is 51.5 Å². The van der Waals surface area contributed by atoms with Crippen LogP contribution in [0.15, 0.2) is 65.1 Å². The predicted molar refractivity (Wildman–Crippen MR) is 118 cm³/mol. The van der Waals surface area contributed by atoms with Crippen LogP contribution in [0.5, 0.6) is 5.75 Å². The number of nitrogens with one attached hydrogen (secondary N) is 1. The number of para-hydroxylation sites is 1. The number of ether oxygens (including phenoxy) is 1. The standard InChI is InChI=1S/C25H25NO3/c1-15(2)19-11-9-16(3)13-23(19)28-17(4)25(27)26-18-10-12-21-20-7-5-6-8-22(20)29-24(21)14-18/h5-15,17H,1-4H3,(H,26,27)/t17-/m0/s1. The van der Waals surface area contributed by atoms with Gasteiger partial charge in [0.25, 0.3) is 5.91 Å². The number of aryl methyl sites for hydroxylation is 1. The number of hydrogen-bond acceptors (Lipinski definition) is 3. The third-order valence-electron chi connectivity index (χ3n) is 5.11. The molecule has 0 aliphatic carbocycles. The molecule has 0 aliphatic heterocycles. The van der Waals surface area contributed by atoms with E-state index in [1.54, 1.807) is 6.92 Å². The molecule has 0 saturated carbocycles. The molecule has 0 aliphatic rings. The van der Waals surface area contributed by atoms with E-state index >= 15 is 0 Å². The van der Waals surface area contributed by atoms with Crippen LogP contribution in [0.3, 0.4) is 0 Å². The number of benzene rings is 3. The molecule has 1 N–H and O–H groups in total. The van der Waals surface area contributed by atoms with Crippen molar-refractivity contribution in [2.24, 2.45) is 0 Å². The first-order valence-corrected chi connectivity index (χ1v) is 9.92. The van der Waals surface area contributed by atoms with Gasteiger partial charge in [-0.1, -0.05) is 44.2 Å². The lowest BCUT2D eigenvalue weighted by Gasteiger charge is -2.19. The van der Waals surface area contributed by atoms with Crippen LogP contribution in [0.4, 0.5) is 5.69 Å². The molecule has 0 bridgehead atoms. The number of fused-ring (bicyclic) bond motifs is 3. The van der Waals surface area contributed by atoms with Gasteiger partial charge < -0.3 is 14.5 Å². The molecule has 4 nitrogen and oxygen atoms in total. The summed E-state index contributed by atoms with van der Waals surface area (Å²) in [6, 6.07) is 19.7. The van der Waals surface area contributed by atoms with Crippen molar-refractivity contribution in [3.05, 3.63) is 71.8 Å². The Hall–Kier alpha value is -3.27. The summed E-state index contributed by atoms with van der Waals surface area (Å²) in [5, 5.41) is 5.04. The molecular weight excluding hydrogens is 362 g/mol. The van der Waals surface area contributed by atoms with Crippen LogP contribution >= 0.6 is 0 Å². The van der Waals surface area contributed by atoms with Gasteiger partial charge in [-0.2, -0.15) is 0 Å². The Bertz CT molecular complexity index is 1190. The van der Waals surface area contributed by atoms with Crippen molar-refractivity contribution >= 4 is 33.5 Å². The highest BCUT2D eigenvalue weighted by Gasteiger charge is 2.18. The summed E-state index contributed by atoms with van der Waals surface area (Å²) in [6.07, 6.45) is -0.624. The SMILES string of the molecule is Cc1ccc(C(C)C)c(O[C@@H](C)C(=O)Nc2ccc3c(c2)oc2ccccc23)c1. The molecule has 0 unspecified atom stereocenters. The first-order chi connectivity index (χ1) is 13.9. The summed E-state index contributed by atoms with van der Waals surface area (Å²) < 4.78 is 11.9. The summed E-state index contributed by atoms with van der Waals surface area (Å²) in [4.78, 5) is 12.7. The van der Waals surface area contributed by atoms with Crippen LogP contribution in [0, 0.1) is 6.92 Å². The maximum Gasteiger partial charge on any atom is 0.265 e. The Balaban J connectivity index is 1.53. The van der Waals surface area contributed by atoms with Crippen LogP contribution < -0.4 is 10.1 Å². The Morgan fingerprint density at radius 3 is 2.48 bits per heavy atom. The minimum Gasteiger partial charge on any atom is -0.481 e. The molecule has 29 heavy (non-hydrogen) atoms. The van der Waals surface area contributed by atoms with Crippen molar-refractivity contribution in [2.45, 2.75) is 39.7 Å². The highest BCUT2D eigenvalue weighted by molar-refractivity contribution is 6.06. The van der Waals surface area contributed by atoms with Gasteiger partial charge in [-0.25, -0.2) is 0 Å². The second-order valence-corrected chi connectivity index (χ2v) is 7.75. The molecular formula is C25H25NO3. The Labute approximate surface area is 170 Å². The molecule has 4 heteroatoms. The van der Waals surface area contributed by atoms with E-state index in [1.807, 2.05) is 55.5 Å². The number of furan rings is 1. The highest BCUT2D eigenvalue weighted by atomic mass is 16.5. The van der Waals surface area contributed by atoms with Gasteiger partial charge in [-0.15, -0.1) is 0 Å². The number of carbonyl (C=O) groups excluding carboxylic acids is 1. The number of anilines is 1. The quantitative estimate of drug-likeness (QED) is 0.430. The van der Waals surface area contributed by atoms with E-state index in [0.29, 0.717) is 11.6 Å². The van der Waals surface area contributed by atoms with E-state index in [1.165, 1.54) is 0 Å². The zero-order chi connectivity index (χ0) is 20.5. The van der Waals surface area contributed by atoms with Crippen LogP contribution in [-0.4, -0.2) is 12.0 Å². The number of carbonyl (C=O) groups is 1. The zero-order valence-corrected chi connectivity index (χ0v) is 17.2. The molecule has 0 saturated heterocycles. The molecule has 1 aromatic heterocycles. The number of hydrogen-bond donors (Lipinski definition) is 1. The van der Waals surface area contributed by atoms with E-state index < -0.39 is 6.10 Å². The van der Waals surface area contributed by atoms with Gasteiger partial charge in [0.1, 0.15) is 16.9 Å². The Morgan fingerprint density at radius 1 is 0.931 bits per heavy atom. The summed E-state index contributed by atoms with van der Waals surface area (Å²) in [5.41, 5.74) is 4.47. The Kier molecular flexibility index (Phi) is 5.01. The smallest absolute Gasteiger partial charge is 0.265 e. The average Bonchev–Trinajstić information content (AvgIpc) is 3.05. The van der Waals surface area contributed by atoms with Crippen molar-refractivity contribution in [2.75, 3.05) is 5.32 Å². The monoisotopic (exact) mass is 387 g/mol. The lowest BCUT2D eigenvalue weighted by atomic mass is 10.0. The second-order valence-electron chi connectivity index (χ2n) is 7.75. The van der Waals surface area contributed by atoms with Crippen LogP contribution in [0.25, 0.3) is 21.9 Å². The van der Waals surface area contributed by atoms with Crippen LogP contribution in [0.1, 0.15) is 37.8 Å². The van der Waals surface area contributed by atoms with Crippen molar-refractivity contribution < 1.29 is 13.9 Å². The fourth-order valence-corrected chi connectivity index (χ4v) is 3.51. The molecule has 0 spiro atoms. The Morgan fingerprint density at radius 2 is 1.69 bits per heavy atom. The van der Waals surface area contributed by atoms with Gasteiger partial charge in [-0.05, 0) is 55.2 Å².